The van der Waals surface area contributed by atoms with Gasteiger partial charge in [-0.15, -0.1) is 0 Å². The molecular formula is C16H18O2. The fraction of sp³-hybridized carbons (Fsp3) is 0.438. The molecule has 1 N–H and O–H groups in total. The van der Waals surface area contributed by atoms with Crippen LogP contribution in [0.1, 0.15) is 31.7 Å². The molecule has 0 spiro atoms. The van der Waals surface area contributed by atoms with E-state index in [0.29, 0.717) is 11.5 Å². The van der Waals surface area contributed by atoms with Gasteiger partial charge in [0, 0.05) is 17.4 Å². The summed E-state index contributed by atoms with van der Waals surface area (Å²) in [7, 11) is 0. The minimum Gasteiger partial charge on any atom is -0.515 e. The predicted molar refractivity (Wildman–Crippen MR) is 70.3 cm³/mol. The lowest BCUT2D eigenvalue weighted by atomic mass is 9.76. The van der Waals surface area contributed by atoms with Crippen LogP contribution in [0.5, 0.6) is 0 Å². The molecule has 0 radical (unpaired) electrons. The highest BCUT2D eigenvalue weighted by Gasteiger charge is 2.61. The van der Waals surface area contributed by atoms with E-state index in [2.05, 4.69) is 26.0 Å². The van der Waals surface area contributed by atoms with E-state index in [4.69, 9.17) is 0 Å². The Balaban J connectivity index is 2.06. The van der Waals surface area contributed by atoms with Gasteiger partial charge in [0.05, 0.1) is 6.26 Å². The summed E-state index contributed by atoms with van der Waals surface area (Å²) in [6.45, 7) is 4.30. The third-order valence-corrected chi connectivity index (χ3v) is 4.89. The van der Waals surface area contributed by atoms with E-state index in [1.807, 2.05) is 18.2 Å². The quantitative estimate of drug-likeness (QED) is 0.605. The van der Waals surface area contributed by atoms with E-state index in [-0.39, 0.29) is 23.0 Å². The minimum atomic E-state index is -0.0356. The van der Waals surface area contributed by atoms with E-state index in [1.165, 1.54) is 5.56 Å². The topological polar surface area (TPSA) is 37.3 Å². The summed E-state index contributed by atoms with van der Waals surface area (Å²) in [6, 6.07) is 10.3. The van der Waals surface area contributed by atoms with Crippen LogP contribution in [0.2, 0.25) is 0 Å². The lowest BCUT2D eigenvalue weighted by Crippen LogP contribution is -2.20. The SMILES string of the molecule is CC1(C)[C@@H]2C[C@H](c3ccccc3)[C@@H]1/C(=C\O)C2=O. The van der Waals surface area contributed by atoms with Crippen LogP contribution < -0.4 is 0 Å². The number of carbonyl (C=O) groups is 1. The molecule has 1 aromatic carbocycles. The molecule has 2 aliphatic rings. The average molecular weight is 242 g/mol. The van der Waals surface area contributed by atoms with Crippen molar-refractivity contribution in [1.82, 2.24) is 0 Å². The maximum absolute atomic E-state index is 12.2. The second-order valence-electron chi connectivity index (χ2n) is 6.05. The number of aliphatic hydroxyl groups excluding tert-OH is 1. The first-order chi connectivity index (χ1) is 8.57. The first-order valence-electron chi connectivity index (χ1n) is 6.50. The Morgan fingerprint density at radius 2 is 1.94 bits per heavy atom. The van der Waals surface area contributed by atoms with E-state index in [9.17, 15) is 9.90 Å². The number of aliphatic hydroxyl groups is 1. The summed E-state index contributed by atoms with van der Waals surface area (Å²) in [5.74, 6) is 0.732. The molecule has 18 heavy (non-hydrogen) atoms. The smallest absolute Gasteiger partial charge is 0.165 e. The van der Waals surface area contributed by atoms with Gasteiger partial charge in [0.2, 0.25) is 0 Å². The van der Waals surface area contributed by atoms with Gasteiger partial charge in [-0.1, -0.05) is 44.2 Å². The molecule has 2 nitrogen and oxygen atoms in total. The molecule has 2 bridgehead atoms. The lowest BCUT2D eigenvalue weighted by Gasteiger charge is -2.27. The van der Waals surface area contributed by atoms with Gasteiger partial charge in [-0.25, -0.2) is 0 Å². The molecule has 0 heterocycles. The van der Waals surface area contributed by atoms with Gasteiger partial charge >= 0.3 is 0 Å². The molecule has 2 saturated carbocycles. The molecule has 0 saturated heterocycles. The van der Waals surface area contributed by atoms with Gasteiger partial charge < -0.3 is 5.11 Å². The molecule has 2 aliphatic carbocycles. The fourth-order valence-electron chi connectivity index (χ4n) is 4.02. The molecule has 0 amide bonds. The fourth-order valence-corrected chi connectivity index (χ4v) is 4.02. The molecule has 0 aliphatic heterocycles. The summed E-state index contributed by atoms with van der Waals surface area (Å²) < 4.78 is 0. The summed E-state index contributed by atoms with van der Waals surface area (Å²) in [5.41, 5.74) is 1.88. The van der Waals surface area contributed by atoms with Crippen LogP contribution in [0.25, 0.3) is 0 Å². The van der Waals surface area contributed by atoms with Gasteiger partial charge in [-0.05, 0) is 23.3 Å². The molecule has 2 heteroatoms. The Morgan fingerprint density at radius 1 is 1.28 bits per heavy atom. The molecule has 1 aromatic rings. The van der Waals surface area contributed by atoms with Crippen LogP contribution >= 0.6 is 0 Å². The zero-order chi connectivity index (χ0) is 12.9. The van der Waals surface area contributed by atoms with Gasteiger partial charge in [0.1, 0.15) is 0 Å². The number of hydrogen-bond donors (Lipinski definition) is 1. The third-order valence-electron chi connectivity index (χ3n) is 4.89. The summed E-state index contributed by atoms with van der Waals surface area (Å²) in [6.07, 6.45) is 1.96. The van der Waals surface area contributed by atoms with Crippen LogP contribution in [0.15, 0.2) is 42.2 Å². The first-order valence-corrected chi connectivity index (χ1v) is 6.50. The minimum absolute atomic E-state index is 0.0356. The average Bonchev–Trinajstić information content (AvgIpc) is 2.74. The van der Waals surface area contributed by atoms with E-state index >= 15 is 0 Å². The predicted octanol–water partition coefficient (Wildman–Crippen LogP) is 3.46. The van der Waals surface area contributed by atoms with Crippen molar-refractivity contribution in [3.05, 3.63) is 47.7 Å². The molecule has 3 atom stereocenters. The van der Waals surface area contributed by atoms with Crippen LogP contribution in [0, 0.1) is 17.3 Å². The number of allylic oxidation sites excluding steroid dienone is 1. The van der Waals surface area contributed by atoms with E-state index in [1.54, 1.807) is 0 Å². The maximum Gasteiger partial charge on any atom is 0.165 e. The van der Waals surface area contributed by atoms with Crippen LogP contribution in [-0.4, -0.2) is 10.9 Å². The molecule has 0 aromatic heterocycles. The first kappa shape index (κ1) is 11.5. The number of benzene rings is 1. The van der Waals surface area contributed by atoms with Crippen molar-refractivity contribution in [2.45, 2.75) is 26.2 Å². The molecular weight excluding hydrogens is 224 g/mol. The number of carbonyl (C=O) groups excluding carboxylic acids is 1. The standard InChI is InChI=1S/C16H18O2/c1-16(2)13-8-11(10-6-4-3-5-7-10)14(16)12(9-17)15(13)18/h3-7,9,11,13-14,17H,8H2,1-2H3/b12-9+/t11-,13-,14-/m1/s1. The lowest BCUT2D eigenvalue weighted by molar-refractivity contribution is -0.119. The summed E-state index contributed by atoms with van der Waals surface area (Å²) >= 11 is 0. The third kappa shape index (κ3) is 1.32. The molecule has 2 fully saturated rings. The van der Waals surface area contributed by atoms with E-state index in [0.717, 1.165) is 12.7 Å². The Kier molecular flexibility index (Phi) is 2.37. The molecule has 94 valence electrons. The largest absolute Gasteiger partial charge is 0.515 e. The summed E-state index contributed by atoms with van der Waals surface area (Å²) in [4.78, 5) is 12.2. The Bertz CT molecular complexity index is 513. The Labute approximate surface area is 107 Å². The van der Waals surface area contributed by atoms with Gasteiger partial charge in [-0.3, -0.25) is 4.79 Å². The molecule has 0 unspecified atom stereocenters. The van der Waals surface area contributed by atoms with Crippen molar-refractivity contribution in [2.75, 3.05) is 0 Å². The van der Waals surface area contributed by atoms with Gasteiger partial charge in [0.25, 0.3) is 0 Å². The van der Waals surface area contributed by atoms with Crippen molar-refractivity contribution in [2.24, 2.45) is 17.3 Å². The highest BCUT2D eigenvalue weighted by atomic mass is 16.2. The number of hydrogen-bond acceptors (Lipinski definition) is 2. The van der Waals surface area contributed by atoms with E-state index < -0.39 is 0 Å². The number of rotatable bonds is 1. The Morgan fingerprint density at radius 3 is 2.50 bits per heavy atom. The van der Waals surface area contributed by atoms with Crippen LogP contribution in [0.3, 0.4) is 0 Å². The summed E-state index contributed by atoms with van der Waals surface area (Å²) in [5, 5.41) is 9.37. The second-order valence-corrected chi connectivity index (χ2v) is 6.05. The van der Waals surface area contributed by atoms with Crippen molar-refractivity contribution < 1.29 is 9.90 Å². The maximum atomic E-state index is 12.2. The van der Waals surface area contributed by atoms with Crippen molar-refractivity contribution in [3.63, 3.8) is 0 Å². The van der Waals surface area contributed by atoms with Crippen LogP contribution in [0.4, 0.5) is 0 Å². The van der Waals surface area contributed by atoms with Crippen LogP contribution in [-0.2, 0) is 4.79 Å². The number of fused-ring (bicyclic) bond motifs is 2. The Hall–Kier alpha value is -1.57. The van der Waals surface area contributed by atoms with Crippen molar-refractivity contribution in [1.29, 1.82) is 0 Å². The number of Topliss-reactive ketones (excluding diaryl/α,β-unsaturated/α-hetero) is 1. The highest BCUT2D eigenvalue weighted by molar-refractivity contribution is 6.02. The van der Waals surface area contributed by atoms with Gasteiger partial charge in [0.15, 0.2) is 5.78 Å². The van der Waals surface area contributed by atoms with Crippen molar-refractivity contribution in [3.8, 4) is 0 Å². The highest BCUT2D eigenvalue weighted by Crippen LogP contribution is 2.63. The van der Waals surface area contributed by atoms with Crippen molar-refractivity contribution >= 4 is 5.78 Å². The van der Waals surface area contributed by atoms with Gasteiger partial charge in [-0.2, -0.15) is 0 Å². The zero-order valence-electron chi connectivity index (χ0n) is 10.8. The molecule has 3 rings (SSSR count). The normalized spacial score (nSPS) is 35.3. The second kappa shape index (κ2) is 3.71. The zero-order valence-corrected chi connectivity index (χ0v) is 10.8. The number of ketones is 1. The monoisotopic (exact) mass is 242 g/mol.